The molecule has 10 nitrogen and oxygen atoms in total. The average molecular weight is 555 g/mol. The third-order valence-electron chi connectivity index (χ3n) is 5.93. The molecule has 0 saturated heterocycles. The number of aliphatic imine (C=N–C) groups is 1. The fourth-order valence-corrected chi connectivity index (χ4v) is 6.56. The number of aromatic nitrogens is 1. The number of guanidine groups is 1. The second-order valence-electron chi connectivity index (χ2n) is 8.51. The van der Waals surface area contributed by atoms with Crippen molar-refractivity contribution in [3.8, 4) is 0 Å². The molecule has 0 bridgehead atoms. The van der Waals surface area contributed by atoms with E-state index >= 15 is 0 Å². The van der Waals surface area contributed by atoms with E-state index in [0.717, 1.165) is 12.8 Å². The molecule has 1 aliphatic carbocycles. The van der Waals surface area contributed by atoms with Gasteiger partial charge in [0.05, 0.1) is 11.5 Å². The molecule has 2 aromatic rings. The van der Waals surface area contributed by atoms with Crippen LogP contribution in [0.1, 0.15) is 32.6 Å². The fourth-order valence-electron chi connectivity index (χ4n) is 4.31. The topological polar surface area (TPSA) is 144 Å². The number of nitrogens with zero attached hydrogens (tertiary/aromatic N) is 4. The first kappa shape index (κ1) is 26.3. The van der Waals surface area contributed by atoms with Crippen molar-refractivity contribution >= 4 is 54.5 Å². The van der Waals surface area contributed by atoms with Crippen molar-refractivity contribution in [2.24, 2.45) is 16.5 Å². The van der Waals surface area contributed by atoms with E-state index in [4.69, 9.17) is 16.2 Å². The molecule has 186 valence electrons. The summed E-state index contributed by atoms with van der Waals surface area (Å²) < 4.78 is 35.6. The number of likely N-dealkylation sites (N-methyl/N-ethyl adjacent to an activating group) is 1. The van der Waals surface area contributed by atoms with E-state index in [0.29, 0.717) is 34.6 Å². The molecule has 0 radical (unpaired) electrons. The zero-order valence-corrected chi connectivity index (χ0v) is 22.0. The van der Waals surface area contributed by atoms with Crippen LogP contribution in [-0.2, 0) is 19.6 Å². The smallest absolute Gasteiger partial charge is 0.327 e. The van der Waals surface area contributed by atoms with Gasteiger partial charge in [0.25, 0.3) is 0 Å². The van der Waals surface area contributed by atoms with Gasteiger partial charge in [-0.1, -0.05) is 18.9 Å². The molecule has 0 aliphatic heterocycles. The highest BCUT2D eigenvalue weighted by Crippen LogP contribution is 2.41. The predicted octanol–water partition coefficient (Wildman–Crippen LogP) is 2.33. The second-order valence-corrected chi connectivity index (χ2v) is 11.2. The van der Waals surface area contributed by atoms with E-state index in [1.807, 2.05) is 19.0 Å². The van der Waals surface area contributed by atoms with E-state index in [1.165, 1.54) is 16.4 Å². The summed E-state index contributed by atoms with van der Waals surface area (Å²) in [5.74, 6) is -0.485. The van der Waals surface area contributed by atoms with Gasteiger partial charge in [0.2, 0.25) is 10.0 Å². The Morgan fingerprint density at radius 1 is 1.21 bits per heavy atom. The Morgan fingerprint density at radius 2 is 1.88 bits per heavy atom. The normalized spacial score (nSPS) is 15.7. The van der Waals surface area contributed by atoms with Crippen molar-refractivity contribution in [1.82, 2.24) is 14.2 Å². The number of nitrogens with two attached hydrogens (primary N) is 2. The monoisotopic (exact) mass is 554 g/mol. The summed E-state index contributed by atoms with van der Waals surface area (Å²) in [6.45, 7) is 2.49. The third kappa shape index (κ3) is 5.19. The molecule has 0 amide bonds. The van der Waals surface area contributed by atoms with Crippen molar-refractivity contribution in [3.63, 3.8) is 0 Å². The molecule has 4 N–H and O–H groups in total. The van der Waals surface area contributed by atoms with Gasteiger partial charge in [-0.15, -0.1) is 0 Å². The van der Waals surface area contributed by atoms with Crippen molar-refractivity contribution < 1.29 is 17.9 Å². The molecular formula is C22H31BrN6O4S. The Kier molecular flexibility index (Phi) is 8.17. The second kappa shape index (κ2) is 10.5. The van der Waals surface area contributed by atoms with E-state index in [-0.39, 0.29) is 29.8 Å². The highest BCUT2D eigenvalue weighted by Gasteiger charge is 2.52. The predicted molar refractivity (Wildman–Crippen MR) is 135 cm³/mol. The maximum atomic E-state index is 14.1. The highest BCUT2D eigenvalue weighted by atomic mass is 79.9. The number of halogens is 1. The molecule has 12 heteroatoms. The van der Waals surface area contributed by atoms with Gasteiger partial charge in [-0.05, 0) is 61.9 Å². The van der Waals surface area contributed by atoms with Crippen LogP contribution in [-0.4, -0.2) is 73.9 Å². The number of carbonyl (C=O) groups excluding carboxylic acids is 1. The molecule has 1 fully saturated rings. The molecule has 1 saturated carbocycles. The van der Waals surface area contributed by atoms with Crippen molar-refractivity contribution in [2.75, 3.05) is 33.8 Å². The first-order valence-electron chi connectivity index (χ1n) is 11.1. The number of esters is 1. The Balaban J connectivity index is 2.20. The minimum Gasteiger partial charge on any atom is -0.465 e. The maximum Gasteiger partial charge on any atom is 0.327 e. The first-order valence-corrected chi connectivity index (χ1v) is 13.3. The summed E-state index contributed by atoms with van der Waals surface area (Å²) in [5.41, 5.74) is 9.86. The van der Waals surface area contributed by atoms with Crippen LogP contribution in [0, 0.1) is 0 Å². The number of pyridine rings is 1. The molecule has 34 heavy (non-hydrogen) atoms. The van der Waals surface area contributed by atoms with Crippen molar-refractivity contribution in [2.45, 2.75) is 43.0 Å². The van der Waals surface area contributed by atoms with Crippen LogP contribution >= 0.6 is 15.9 Å². The van der Waals surface area contributed by atoms with Crippen molar-refractivity contribution in [1.29, 1.82) is 0 Å². The summed E-state index contributed by atoms with van der Waals surface area (Å²) in [6.07, 6.45) is 3.87. The number of sulfonamides is 1. The number of rotatable bonds is 9. The van der Waals surface area contributed by atoms with Gasteiger partial charge in [-0.3, -0.25) is 4.79 Å². The van der Waals surface area contributed by atoms with Crippen LogP contribution < -0.4 is 11.5 Å². The zero-order valence-electron chi connectivity index (χ0n) is 19.6. The van der Waals surface area contributed by atoms with Crippen LogP contribution in [0.25, 0.3) is 10.8 Å². The van der Waals surface area contributed by atoms with E-state index in [9.17, 15) is 13.2 Å². The number of fused-ring (bicyclic) bond motifs is 1. The van der Waals surface area contributed by atoms with E-state index in [1.54, 1.807) is 19.2 Å². The molecule has 0 spiro atoms. The molecule has 1 aromatic carbocycles. The largest absolute Gasteiger partial charge is 0.465 e. The average Bonchev–Trinajstić information content (AvgIpc) is 3.26. The van der Waals surface area contributed by atoms with Gasteiger partial charge in [0.1, 0.15) is 5.54 Å². The lowest BCUT2D eigenvalue weighted by molar-refractivity contribution is -0.154. The van der Waals surface area contributed by atoms with Crippen LogP contribution in [0.15, 0.2) is 38.8 Å². The standard InChI is InChI=1S/C22H31BrN6O4S/c1-4-33-20(30)22(9-5-6-10-22)29(12-11-28(2)3)34(31,32)15-7-8-16-17(13-15)19(27-21(24)25)26-14-18(16)23/h7-8,13-14H,4-6,9-12H2,1-3H3,(H4,24,25,26,27). The van der Waals surface area contributed by atoms with Crippen LogP contribution in [0.4, 0.5) is 5.82 Å². The summed E-state index contributed by atoms with van der Waals surface area (Å²) in [6, 6.07) is 4.70. The van der Waals surface area contributed by atoms with Gasteiger partial charge in [0.15, 0.2) is 11.8 Å². The van der Waals surface area contributed by atoms with Crippen LogP contribution in [0.2, 0.25) is 0 Å². The minimum absolute atomic E-state index is 0.0290. The van der Waals surface area contributed by atoms with Gasteiger partial charge in [-0.25, -0.2) is 13.4 Å². The third-order valence-corrected chi connectivity index (χ3v) is 8.52. The number of ether oxygens (including phenoxy) is 1. The Labute approximate surface area is 208 Å². The SMILES string of the molecule is CCOC(=O)C1(N(CCN(C)C)S(=O)(=O)c2ccc3c(Br)cnc(N=C(N)N)c3c2)CCCC1. The minimum atomic E-state index is -4.10. The lowest BCUT2D eigenvalue weighted by Gasteiger charge is -2.38. The van der Waals surface area contributed by atoms with Crippen molar-refractivity contribution in [3.05, 3.63) is 28.9 Å². The molecule has 3 rings (SSSR count). The lowest BCUT2D eigenvalue weighted by atomic mass is 9.97. The van der Waals surface area contributed by atoms with E-state index in [2.05, 4.69) is 25.9 Å². The molecular weight excluding hydrogens is 524 g/mol. The Hall–Kier alpha value is -2.28. The summed E-state index contributed by atoms with van der Waals surface area (Å²) in [7, 11) is -0.383. The van der Waals surface area contributed by atoms with Crippen LogP contribution in [0.3, 0.4) is 0 Å². The Bertz CT molecular complexity index is 1190. The Morgan fingerprint density at radius 3 is 2.47 bits per heavy atom. The number of hydrogen-bond acceptors (Lipinski definition) is 7. The maximum absolute atomic E-state index is 14.1. The number of carbonyl (C=O) groups is 1. The number of hydrogen-bond donors (Lipinski definition) is 2. The molecule has 1 aliphatic rings. The summed E-state index contributed by atoms with van der Waals surface area (Å²) in [5, 5.41) is 1.17. The summed E-state index contributed by atoms with van der Waals surface area (Å²) in [4.78, 5) is 23.4. The van der Waals surface area contributed by atoms with Gasteiger partial charge in [-0.2, -0.15) is 9.30 Å². The zero-order chi connectivity index (χ0) is 25.1. The van der Waals surface area contributed by atoms with Gasteiger partial charge in [0, 0.05) is 34.5 Å². The van der Waals surface area contributed by atoms with Crippen LogP contribution in [0.5, 0.6) is 0 Å². The molecule has 1 heterocycles. The number of benzene rings is 1. The lowest BCUT2D eigenvalue weighted by Crippen LogP contribution is -2.57. The molecule has 0 unspecified atom stereocenters. The van der Waals surface area contributed by atoms with Gasteiger partial charge >= 0.3 is 5.97 Å². The quantitative estimate of drug-likeness (QED) is 0.273. The molecule has 0 atom stereocenters. The van der Waals surface area contributed by atoms with E-state index < -0.39 is 21.5 Å². The molecule has 1 aromatic heterocycles. The summed E-state index contributed by atoms with van der Waals surface area (Å²) >= 11 is 3.44. The fraction of sp³-hybridized carbons (Fsp3) is 0.500. The van der Waals surface area contributed by atoms with Gasteiger partial charge < -0.3 is 21.1 Å². The first-order chi connectivity index (χ1) is 16.0. The highest BCUT2D eigenvalue weighted by molar-refractivity contribution is 9.10.